The van der Waals surface area contributed by atoms with E-state index in [1.807, 2.05) is 54.8 Å². The second kappa shape index (κ2) is 10.1. The molecule has 0 bridgehead atoms. The maximum Gasteiger partial charge on any atom is 0.311 e. The minimum absolute atomic E-state index is 0.0544. The van der Waals surface area contributed by atoms with Gasteiger partial charge in [0, 0.05) is 24.4 Å². The Morgan fingerprint density at radius 1 is 1.14 bits per heavy atom. The lowest BCUT2D eigenvalue weighted by Gasteiger charge is -2.16. The molecule has 6 nitrogen and oxygen atoms in total. The highest BCUT2D eigenvalue weighted by Crippen LogP contribution is 2.24. The molecule has 2 aromatic carbocycles. The van der Waals surface area contributed by atoms with Crippen molar-refractivity contribution in [2.75, 3.05) is 31.3 Å². The molecule has 1 aliphatic rings. The molecule has 1 heterocycles. The van der Waals surface area contributed by atoms with Gasteiger partial charge in [0.2, 0.25) is 5.91 Å². The largest absolute Gasteiger partial charge is 0.455 e. The maximum absolute atomic E-state index is 12.3. The summed E-state index contributed by atoms with van der Waals surface area (Å²) in [4.78, 5) is 39.2. The van der Waals surface area contributed by atoms with Crippen LogP contribution in [0.4, 0.5) is 5.69 Å². The molecule has 0 unspecified atom stereocenters. The van der Waals surface area contributed by atoms with E-state index in [0.717, 1.165) is 16.9 Å². The molecule has 1 saturated heterocycles. The number of amides is 2. The van der Waals surface area contributed by atoms with Gasteiger partial charge in [0.05, 0.1) is 11.6 Å². The Morgan fingerprint density at radius 3 is 2.62 bits per heavy atom. The number of carbonyl (C=O) groups is 3. The third-order valence-corrected chi connectivity index (χ3v) is 5.58. The van der Waals surface area contributed by atoms with E-state index in [1.54, 1.807) is 11.0 Å². The fourth-order valence-electron chi connectivity index (χ4n) is 3.24. The van der Waals surface area contributed by atoms with Crippen molar-refractivity contribution in [3.8, 4) is 0 Å². The first-order valence-electron chi connectivity index (χ1n) is 9.48. The molecule has 3 rings (SSSR count). The van der Waals surface area contributed by atoms with E-state index in [1.165, 1.54) is 11.8 Å². The number of esters is 1. The fourth-order valence-corrected chi connectivity index (χ4v) is 3.80. The van der Waals surface area contributed by atoms with E-state index in [9.17, 15) is 14.4 Å². The Balaban J connectivity index is 1.44. The first-order chi connectivity index (χ1) is 14.1. The van der Waals surface area contributed by atoms with Crippen LogP contribution in [0.25, 0.3) is 0 Å². The first kappa shape index (κ1) is 20.9. The Kier molecular flexibility index (Phi) is 7.30. The van der Waals surface area contributed by atoms with Crippen molar-refractivity contribution in [1.82, 2.24) is 4.90 Å². The maximum atomic E-state index is 12.3. The van der Waals surface area contributed by atoms with Crippen LogP contribution in [0, 0.1) is 5.92 Å². The number of hydrogen-bond acceptors (Lipinski definition) is 5. The second-order valence-electron chi connectivity index (χ2n) is 6.83. The molecular formula is C22H24N2O4S. The summed E-state index contributed by atoms with van der Waals surface area (Å²) < 4.78 is 5.16. The molecule has 1 atom stereocenters. The van der Waals surface area contributed by atoms with Gasteiger partial charge in [-0.05, 0) is 30.4 Å². The van der Waals surface area contributed by atoms with Gasteiger partial charge < -0.3 is 15.0 Å². The van der Waals surface area contributed by atoms with Gasteiger partial charge in [-0.15, -0.1) is 11.8 Å². The molecule has 0 radical (unpaired) electrons. The highest BCUT2D eigenvalue weighted by atomic mass is 32.2. The molecule has 2 aromatic rings. The average Bonchev–Trinajstić information content (AvgIpc) is 3.12. The van der Waals surface area contributed by atoms with E-state index < -0.39 is 17.8 Å². The molecule has 1 fully saturated rings. The number of carbonyl (C=O) groups excluding carboxylic acids is 3. The Labute approximate surface area is 174 Å². The molecule has 1 aliphatic heterocycles. The number of benzene rings is 2. The van der Waals surface area contributed by atoms with Gasteiger partial charge in [-0.25, -0.2) is 0 Å². The van der Waals surface area contributed by atoms with Crippen LogP contribution >= 0.6 is 11.8 Å². The molecule has 152 valence electrons. The zero-order chi connectivity index (χ0) is 20.6. The van der Waals surface area contributed by atoms with Crippen molar-refractivity contribution in [2.45, 2.75) is 17.7 Å². The van der Waals surface area contributed by atoms with E-state index in [2.05, 4.69) is 5.32 Å². The third-order valence-electron chi connectivity index (χ3n) is 4.79. The van der Waals surface area contributed by atoms with Gasteiger partial charge in [-0.2, -0.15) is 0 Å². The van der Waals surface area contributed by atoms with Gasteiger partial charge in [-0.1, -0.05) is 42.5 Å². The molecule has 29 heavy (non-hydrogen) atoms. The number of likely N-dealkylation sites (tertiary alicyclic amines) is 1. The van der Waals surface area contributed by atoms with Crippen LogP contribution < -0.4 is 5.32 Å². The number of ether oxygens (including phenoxy) is 1. The van der Waals surface area contributed by atoms with Crippen molar-refractivity contribution in [3.63, 3.8) is 0 Å². The summed E-state index contributed by atoms with van der Waals surface area (Å²) in [6.45, 7) is 0.538. The smallest absolute Gasteiger partial charge is 0.311 e. The Morgan fingerprint density at radius 2 is 1.86 bits per heavy atom. The highest BCUT2D eigenvalue weighted by molar-refractivity contribution is 7.98. The standard InChI is InChI=1S/C22H24N2O4S/c1-29-19-10-6-5-9-18(19)23-20(25)15-28-22(27)17-13-21(26)24(14-17)12-11-16-7-3-2-4-8-16/h2-10,17H,11-15H2,1H3,(H,23,25)/t17-/m1/s1. The molecule has 7 heteroatoms. The lowest BCUT2D eigenvalue weighted by atomic mass is 10.1. The number of para-hydroxylation sites is 1. The average molecular weight is 413 g/mol. The van der Waals surface area contributed by atoms with Gasteiger partial charge >= 0.3 is 5.97 Å². The van der Waals surface area contributed by atoms with Crippen LogP contribution in [0.15, 0.2) is 59.5 Å². The summed E-state index contributed by atoms with van der Waals surface area (Å²) >= 11 is 1.52. The third kappa shape index (κ3) is 5.84. The van der Waals surface area contributed by atoms with Crippen molar-refractivity contribution >= 4 is 35.2 Å². The van der Waals surface area contributed by atoms with Gasteiger partial charge in [0.1, 0.15) is 0 Å². The molecule has 0 spiro atoms. The molecular weight excluding hydrogens is 388 g/mol. The number of hydrogen-bond donors (Lipinski definition) is 1. The van der Waals surface area contributed by atoms with Crippen LogP contribution in [-0.2, 0) is 25.5 Å². The molecule has 0 saturated carbocycles. The number of thioether (sulfide) groups is 1. The van der Waals surface area contributed by atoms with E-state index in [-0.39, 0.29) is 18.9 Å². The van der Waals surface area contributed by atoms with Gasteiger partial charge in [-0.3, -0.25) is 14.4 Å². The van der Waals surface area contributed by atoms with E-state index in [0.29, 0.717) is 18.8 Å². The van der Waals surface area contributed by atoms with Crippen LogP contribution in [-0.4, -0.2) is 48.6 Å². The van der Waals surface area contributed by atoms with Crippen LogP contribution in [0.5, 0.6) is 0 Å². The Hall–Kier alpha value is -2.80. The minimum Gasteiger partial charge on any atom is -0.455 e. The monoisotopic (exact) mass is 412 g/mol. The number of rotatable bonds is 8. The molecule has 1 N–H and O–H groups in total. The van der Waals surface area contributed by atoms with Crippen molar-refractivity contribution in [2.24, 2.45) is 5.92 Å². The summed E-state index contributed by atoms with van der Waals surface area (Å²) in [6.07, 6.45) is 2.79. The summed E-state index contributed by atoms with van der Waals surface area (Å²) in [6, 6.07) is 17.3. The normalized spacial score (nSPS) is 16.0. The predicted molar refractivity (Wildman–Crippen MR) is 113 cm³/mol. The number of anilines is 1. The number of nitrogens with zero attached hydrogens (tertiary/aromatic N) is 1. The van der Waals surface area contributed by atoms with Crippen LogP contribution in [0.2, 0.25) is 0 Å². The zero-order valence-corrected chi connectivity index (χ0v) is 17.1. The molecule has 0 aliphatic carbocycles. The topological polar surface area (TPSA) is 75.7 Å². The van der Waals surface area contributed by atoms with Crippen LogP contribution in [0.3, 0.4) is 0 Å². The lowest BCUT2D eigenvalue weighted by Crippen LogP contribution is -2.29. The first-order valence-corrected chi connectivity index (χ1v) is 10.7. The Bertz CT molecular complexity index is 872. The van der Waals surface area contributed by atoms with Crippen molar-refractivity contribution in [3.05, 3.63) is 60.2 Å². The minimum atomic E-state index is -0.524. The van der Waals surface area contributed by atoms with Crippen molar-refractivity contribution in [1.29, 1.82) is 0 Å². The molecule has 0 aromatic heterocycles. The number of nitrogens with one attached hydrogen (secondary N) is 1. The summed E-state index contributed by atoms with van der Waals surface area (Å²) in [5.74, 6) is -1.48. The van der Waals surface area contributed by atoms with E-state index >= 15 is 0 Å². The summed E-state index contributed by atoms with van der Waals surface area (Å²) in [5.41, 5.74) is 1.83. The lowest BCUT2D eigenvalue weighted by molar-refractivity contribution is -0.151. The zero-order valence-electron chi connectivity index (χ0n) is 16.3. The highest BCUT2D eigenvalue weighted by Gasteiger charge is 2.35. The predicted octanol–water partition coefficient (Wildman–Crippen LogP) is 2.98. The van der Waals surface area contributed by atoms with Gasteiger partial charge in [0.15, 0.2) is 6.61 Å². The summed E-state index contributed by atoms with van der Waals surface area (Å²) in [7, 11) is 0. The molecule has 2 amide bonds. The van der Waals surface area contributed by atoms with Gasteiger partial charge in [0.25, 0.3) is 5.91 Å². The van der Waals surface area contributed by atoms with Crippen molar-refractivity contribution < 1.29 is 19.1 Å². The summed E-state index contributed by atoms with van der Waals surface area (Å²) in [5, 5.41) is 2.75. The van der Waals surface area contributed by atoms with E-state index in [4.69, 9.17) is 4.74 Å². The second-order valence-corrected chi connectivity index (χ2v) is 7.68. The quantitative estimate of drug-likeness (QED) is 0.533. The SMILES string of the molecule is CSc1ccccc1NC(=O)COC(=O)[C@@H]1CC(=O)N(CCc2ccccc2)C1. The fraction of sp³-hybridized carbons (Fsp3) is 0.318. The van der Waals surface area contributed by atoms with Crippen LogP contribution in [0.1, 0.15) is 12.0 Å².